The summed E-state index contributed by atoms with van der Waals surface area (Å²) in [6.45, 7) is 3.47. The zero-order valence-corrected chi connectivity index (χ0v) is 10.2. The summed E-state index contributed by atoms with van der Waals surface area (Å²) in [7, 11) is 0. The summed E-state index contributed by atoms with van der Waals surface area (Å²) in [5.41, 5.74) is 0. The third-order valence-corrected chi connectivity index (χ3v) is 3.23. The zero-order chi connectivity index (χ0) is 11.9. The van der Waals surface area contributed by atoms with E-state index in [1.807, 2.05) is 0 Å². The molecule has 5 nitrogen and oxygen atoms in total. The Balaban J connectivity index is 1.48. The van der Waals surface area contributed by atoms with Gasteiger partial charge in [0, 0.05) is 26.3 Å². The lowest BCUT2D eigenvalue weighted by Gasteiger charge is -2.12. The summed E-state index contributed by atoms with van der Waals surface area (Å²) >= 11 is 0. The molecule has 2 aliphatic rings. The second-order valence-corrected chi connectivity index (χ2v) is 4.71. The maximum absolute atomic E-state index is 11.5. The Morgan fingerprint density at radius 3 is 2.29 bits per heavy atom. The molecular formula is C12H22N2O3. The van der Waals surface area contributed by atoms with Crippen LogP contribution in [0.4, 0.5) is 0 Å². The van der Waals surface area contributed by atoms with Gasteiger partial charge in [0.1, 0.15) is 0 Å². The first-order valence-electron chi connectivity index (χ1n) is 6.55. The van der Waals surface area contributed by atoms with Gasteiger partial charge in [0.05, 0.1) is 18.8 Å². The van der Waals surface area contributed by atoms with Crippen molar-refractivity contribution in [1.29, 1.82) is 0 Å². The van der Waals surface area contributed by atoms with Crippen molar-refractivity contribution >= 4 is 5.91 Å². The number of nitrogens with one attached hydrogen (secondary N) is 2. The van der Waals surface area contributed by atoms with E-state index in [0.29, 0.717) is 19.2 Å². The van der Waals surface area contributed by atoms with Crippen LogP contribution in [0.5, 0.6) is 0 Å². The minimum absolute atomic E-state index is 0.0403. The monoisotopic (exact) mass is 242 g/mol. The van der Waals surface area contributed by atoms with E-state index in [1.165, 1.54) is 0 Å². The van der Waals surface area contributed by atoms with E-state index < -0.39 is 0 Å². The van der Waals surface area contributed by atoms with Crippen molar-refractivity contribution in [1.82, 2.24) is 10.6 Å². The van der Waals surface area contributed by atoms with Gasteiger partial charge in [0.2, 0.25) is 5.91 Å². The van der Waals surface area contributed by atoms with E-state index in [9.17, 15) is 4.79 Å². The average molecular weight is 242 g/mol. The highest BCUT2D eigenvalue weighted by atomic mass is 16.5. The summed E-state index contributed by atoms with van der Waals surface area (Å²) in [5.74, 6) is 0.0403. The number of carbonyl (C=O) groups is 1. The van der Waals surface area contributed by atoms with Crippen molar-refractivity contribution in [3.63, 3.8) is 0 Å². The molecule has 0 bridgehead atoms. The number of hydrogen-bond acceptors (Lipinski definition) is 4. The van der Waals surface area contributed by atoms with E-state index in [4.69, 9.17) is 9.47 Å². The van der Waals surface area contributed by atoms with Crippen molar-refractivity contribution in [3.8, 4) is 0 Å². The van der Waals surface area contributed by atoms with Crippen molar-refractivity contribution in [2.75, 3.05) is 32.8 Å². The van der Waals surface area contributed by atoms with E-state index in [2.05, 4.69) is 10.6 Å². The lowest BCUT2D eigenvalue weighted by molar-refractivity contribution is -0.120. The molecule has 2 saturated heterocycles. The summed E-state index contributed by atoms with van der Waals surface area (Å²) in [4.78, 5) is 11.5. The minimum Gasteiger partial charge on any atom is -0.377 e. The van der Waals surface area contributed by atoms with Crippen molar-refractivity contribution in [2.45, 2.75) is 37.9 Å². The van der Waals surface area contributed by atoms with Gasteiger partial charge in [-0.25, -0.2) is 0 Å². The lowest BCUT2D eigenvalue weighted by atomic mass is 10.2. The van der Waals surface area contributed by atoms with Crippen LogP contribution in [0.1, 0.15) is 25.7 Å². The molecule has 2 atom stereocenters. The predicted molar refractivity (Wildman–Crippen MR) is 63.8 cm³/mol. The highest BCUT2D eigenvalue weighted by Gasteiger charge is 2.17. The molecule has 0 spiro atoms. The Bertz CT molecular complexity index is 236. The SMILES string of the molecule is O=C(CNCC1CCCO1)NCC1CCCO1. The molecule has 2 N–H and O–H groups in total. The number of amides is 1. The summed E-state index contributed by atoms with van der Waals surface area (Å²) in [5, 5.41) is 6.01. The minimum atomic E-state index is 0.0403. The summed E-state index contributed by atoms with van der Waals surface area (Å²) in [6, 6.07) is 0. The topological polar surface area (TPSA) is 59.6 Å². The molecule has 2 fully saturated rings. The molecule has 2 rings (SSSR count). The van der Waals surface area contributed by atoms with Gasteiger partial charge in [-0.15, -0.1) is 0 Å². The molecule has 0 saturated carbocycles. The molecule has 2 unspecified atom stereocenters. The van der Waals surface area contributed by atoms with Crippen LogP contribution in [0, 0.1) is 0 Å². The molecule has 0 radical (unpaired) electrons. The number of ether oxygens (including phenoxy) is 2. The van der Waals surface area contributed by atoms with E-state index >= 15 is 0 Å². The van der Waals surface area contributed by atoms with Gasteiger partial charge in [-0.05, 0) is 25.7 Å². The van der Waals surface area contributed by atoms with Crippen LogP contribution in [-0.4, -0.2) is 51.0 Å². The third kappa shape index (κ3) is 4.61. The van der Waals surface area contributed by atoms with E-state index in [1.54, 1.807) is 0 Å². The van der Waals surface area contributed by atoms with Crippen LogP contribution in [0.3, 0.4) is 0 Å². The van der Waals surface area contributed by atoms with Gasteiger partial charge in [0.15, 0.2) is 0 Å². The molecule has 2 aliphatic heterocycles. The normalized spacial score (nSPS) is 28.5. The largest absolute Gasteiger partial charge is 0.377 e. The highest BCUT2D eigenvalue weighted by molar-refractivity contribution is 5.77. The Morgan fingerprint density at radius 1 is 1.06 bits per heavy atom. The molecule has 1 amide bonds. The second-order valence-electron chi connectivity index (χ2n) is 4.71. The average Bonchev–Trinajstić information content (AvgIpc) is 2.99. The molecule has 2 heterocycles. The summed E-state index contributed by atoms with van der Waals surface area (Å²) in [6.07, 6.45) is 4.92. The van der Waals surface area contributed by atoms with Gasteiger partial charge in [0.25, 0.3) is 0 Å². The van der Waals surface area contributed by atoms with Gasteiger partial charge in [-0.2, -0.15) is 0 Å². The smallest absolute Gasteiger partial charge is 0.234 e. The molecule has 0 aromatic carbocycles. The fourth-order valence-electron chi connectivity index (χ4n) is 2.25. The van der Waals surface area contributed by atoms with Gasteiger partial charge in [-0.1, -0.05) is 0 Å². The van der Waals surface area contributed by atoms with Gasteiger partial charge < -0.3 is 20.1 Å². The lowest BCUT2D eigenvalue weighted by Crippen LogP contribution is -2.40. The van der Waals surface area contributed by atoms with Crippen LogP contribution in [0.2, 0.25) is 0 Å². The fraction of sp³-hybridized carbons (Fsp3) is 0.917. The molecular weight excluding hydrogens is 220 g/mol. The van der Waals surface area contributed by atoms with Crippen molar-refractivity contribution in [2.24, 2.45) is 0 Å². The first-order valence-corrected chi connectivity index (χ1v) is 6.55. The van der Waals surface area contributed by atoms with Crippen LogP contribution in [0.15, 0.2) is 0 Å². The first-order chi connectivity index (χ1) is 8.34. The molecule has 0 aliphatic carbocycles. The van der Waals surface area contributed by atoms with Crippen molar-refractivity contribution < 1.29 is 14.3 Å². The molecule has 0 aromatic rings. The van der Waals surface area contributed by atoms with E-state index in [-0.39, 0.29) is 12.0 Å². The second kappa shape index (κ2) is 6.93. The fourth-order valence-corrected chi connectivity index (χ4v) is 2.25. The number of carbonyl (C=O) groups excluding carboxylic acids is 1. The Kier molecular flexibility index (Phi) is 5.22. The quantitative estimate of drug-likeness (QED) is 0.691. The Hall–Kier alpha value is -0.650. The molecule has 5 heteroatoms. The molecule has 0 aromatic heterocycles. The third-order valence-electron chi connectivity index (χ3n) is 3.23. The molecule has 98 valence electrons. The Labute approximate surface area is 102 Å². The van der Waals surface area contributed by atoms with Crippen molar-refractivity contribution in [3.05, 3.63) is 0 Å². The standard InChI is InChI=1S/C12H22N2O3/c15-12(14-8-11-4-2-6-17-11)9-13-7-10-3-1-5-16-10/h10-11,13H,1-9H2,(H,14,15). The first kappa shape index (κ1) is 12.8. The van der Waals surface area contributed by atoms with Gasteiger partial charge >= 0.3 is 0 Å². The van der Waals surface area contributed by atoms with Crippen LogP contribution < -0.4 is 10.6 Å². The molecule has 17 heavy (non-hydrogen) atoms. The number of rotatable bonds is 6. The van der Waals surface area contributed by atoms with Crippen LogP contribution in [-0.2, 0) is 14.3 Å². The maximum Gasteiger partial charge on any atom is 0.234 e. The highest BCUT2D eigenvalue weighted by Crippen LogP contribution is 2.11. The predicted octanol–water partition coefficient (Wildman–Crippen LogP) is 0.0502. The van der Waals surface area contributed by atoms with Gasteiger partial charge in [-0.3, -0.25) is 4.79 Å². The maximum atomic E-state index is 11.5. The van der Waals surface area contributed by atoms with E-state index in [0.717, 1.165) is 45.4 Å². The number of hydrogen-bond donors (Lipinski definition) is 2. The zero-order valence-electron chi connectivity index (χ0n) is 10.2. The summed E-state index contributed by atoms with van der Waals surface area (Å²) < 4.78 is 10.9. The Morgan fingerprint density at radius 2 is 1.71 bits per heavy atom. The van der Waals surface area contributed by atoms with Crippen LogP contribution in [0.25, 0.3) is 0 Å². The van der Waals surface area contributed by atoms with Crippen LogP contribution >= 0.6 is 0 Å².